The van der Waals surface area contributed by atoms with E-state index < -0.39 is 0 Å². The van der Waals surface area contributed by atoms with Gasteiger partial charge in [0.25, 0.3) is 0 Å². The molecule has 216 valence electrons. The van der Waals surface area contributed by atoms with Crippen molar-refractivity contribution < 1.29 is 4.79 Å². The molecule has 0 saturated heterocycles. The van der Waals surface area contributed by atoms with Crippen molar-refractivity contribution in [2.24, 2.45) is 23.2 Å². The average Bonchev–Trinajstić information content (AvgIpc) is 3.40. The quantitative estimate of drug-likeness (QED) is 0.207. The van der Waals surface area contributed by atoms with E-state index in [-0.39, 0.29) is 17.4 Å². The molecule has 4 aromatic rings. The summed E-state index contributed by atoms with van der Waals surface area (Å²) >= 11 is 1.70. The summed E-state index contributed by atoms with van der Waals surface area (Å²) in [4.78, 5) is 14.3. The Kier molecular flexibility index (Phi) is 7.43. The number of nitrogens with one attached hydrogen (secondary N) is 1. The van der Waals surface area contributed by atoms with E-state index in [0.29, 0.717) is 6.42 Å². The first-order chi connectivity index (χ1) is 20.4. The highest BCUT2D eigenvalue weighted by molar-refractivity contribution is 7.98. The van der Waals surface area contributed by atoms with Crippen LogP contribution >= 0.6 is 11.8 Å². The zero-order chi connectivity index (χ0) is 28.7. The number of benzene rings is 3. The van der Waals surface area contributed by atoms with Gasteiger partial charge in [0.2, 0.25) is 5.91 Å². The Labute approximate surface area is 253 Å². The molecular formula is C36H40N4OS. The van der Waals surface area contributed by atoms with Crippen molar-refractivity contribution in [3.63, 3.8) is 0 Å². The molecule has 1 aromatic heterocycles. The summed E-state index contributed by atoms with van der Waals surface area (Å²) in [6.45, 7) is 4.23. The number of aryl methyl sites for hydroxylation is 2. The van der Waals surface area contributed by atoms with Gasteiger partial charge in [0, 0.05) is 16.9 Å². The normalized spacial score (nSPS) is 25.0. The monoisotopic (exact) mass is 576 g/mol. The summed E-state index contributed by atoms with van der Waals surface area (Å²) in [5, 5.41) is 14.0. The minimum absolute atomic E-state index is 0.221. The summed E-state index contributed by atoms with van der Waals surface area (Å²) in [5.41, 5.74) is 5.70. The standard InChI is InChI=1S/C36H40N4OS/c1-24-11-13-31(14-12-24)40-33(38-39-35(40)42-23-27-10-6-7-25(2)15-27)32(19-26-8-4-3-5-9-26)37-34(41)36-20-28-16-29(21-36)18-30(17-28)22-36/h3-15,28-30,32H,16-23H2,1-2H3,(H,37,41). The molecule has 5 nitrogen and oxygen atoms in total. The summed E-state index contributed by atoms with van der Waals surface area (Å²) in [6, 6.07) is 27.4. The van der Waals surface area contributed by atoms with Crippen LogP contribution in [0.3, 0.4) is 0 Å². The van der Waals surface area contributed by atoms with Gasteiger partial charge in [-0.2, -0.15) is 0 Å². The number of hydrogen-bond acceptors (Lipinski definition) is 4. The van der Waals surface area contributed by atoms with Gasteiger partial charge in [-0.05, 0) is 99.8 Å². The molecule has 42 heavy (non-hydrogen) atoms. The maximum Gasteiger partial charge on any atom is 0.226 e. The van der Waals surface area contributed by atoms with E-state index in [0.717, 1.165) is 59.4 Å². The van der Waals surface area contributed by atoms with Crippen molar-refractivity contribution in [2.45, 2.75) is 75.7 Å². The Morgan fingerprint density at radius 1 is 0.857 bits per heavy atom. The Hall–Kier alpha value is -3.38. The van der Waals surface area contributed by atoms with Crippen molar-refractivity contribution in [3.05, 3.63) is 107 Å². The molecule has 4 aliphatic rings. The summed E-state index contributed by atoms with van der Waals surface area (Å²) < 4.78 is 2.17. The van der Waals surface area contributed by atoms with Crippen LogP contribution in [0.25, 0.3) is 5.69 Å². The first kappa shape index (κ1) is 27.5. The number of aromatic nitrogens is 3. The molecule has 4 fully saturated rings. The highest BCUT2D eigenvalue weighted by atomic mass is 32.2. The number of amides is 1. The lowest BCUT2D eigenvalue weighted by Gasteiger charge is -2.55. The third-order valence-electron chi connectivity index (χ3n) is 9.82. The Morgan fingerprint density at radius 3 is 2.19 bits per heavy atom. The van der Waals surface area contributed by atoms with Crippen LogP contribution in [0.1, 0.15) is 72.6 Å². The van der Waals surface area contributed by atoms with E-state index in [1.807, 2.05) is 6.07 Å². The molecule has 1 unspecified atom stereocenters. The number of carbonyl (C=O) groups excluding carboxylic acids is 1. The molecule has 3 aromatic carbocycles. The van der Waals surface area contributed by atoms with Crippen LogP contribution in [0, 0.1) is 37.0 Å². The predicted octanol–water partition coefficient (Wildman–Crippen LogP) is 7.79. The Bertz CT molecular complexity index is 1530. The lowest BCUT2D eigenvalue weighted by Crippen LogP contribution is -2.54. The fourth-order valence-electron chi connectivity index (χ4n) is 8.24. The topological polar surface area (TPSA) is 59.8 Å². The molecule has 8 rings (SSSR count). The maximum absolute atomic E-state index is 14.3. The van der Waals surface area contributed by atoms with Gasteiger partial charge >= 0.3 is 0 Å². The van der Waals surface area contributed by atoms with Crippen LogP contribution in [-0.2, 0) is 17.0 Å². The van der Waals surface area contributed by atoms with Gasteiger partial charge in [-0.1, -0.05) is 89.6 Å². The van der Waals surface area contributed by atoms with E-state index in [1.165, 1.54) is 41.5 Å². The van der Waals surface area contributed by atoms with Crippen LogP contribution in [-0.4, -0.2) is 20.7 Å². The third-order valence-corrected chi connectivity index (χ3v) is 10.8. The Balaban J connectivity index is 1.24. The molecule has 6 heteroatoms. The maximum atomic E-state index is 14.3. The van der Waals surface area contributed by atoms with Gasteiger partial charge in [-0.3, -0.25) is 9.36 Å². The van der Waals surface area contributed by atoms with E-state index in [1.54, 1.807) is 11.8 Å². The van der Waals surface area contributed by atoms with Crippen molar-refractivity contribution in [2.75, 3.05) is 0 Å². The highest BCUT2D eigenvalue weighted by Gasteiger charge is 2.55. The van der Waals surface area contributed by atoms with Gasteiger partial charge in [-0.15, -0.1) is 10.2 Å². The van der Waals surface area contributed by atoms with E-state index >= 15 is 0 Å². The van der Waals surface area contributed by atoms with Gasteiger partial charge in [0.1, 0.15) is 0 Å². The van der Waals surface area contributed by atoms with Crippen LogP contribution in [0.5, 0.6) is 0 Å². The number of carbonyl (C=O) groups is 1. The molecule has 1 heterocycles. The van der Waals surface area contributed by atoms with Gasteiger partial charge in [-0.25, -0.2) is 0 Å². The molecule has 0 aliphatic heterocycles. The predicted molar refractivity (Wildman–Crippen MR) is 168 cm³/mol. The summed E-state index contributed by atoms with van der Waals surface area (Å²) in [6.07, 6.45) is 7.78. The average molecular weight is 577 g/mol. The molecule has 4 saturated carbocycles. The second-order valence-electron chi connectivity index (χ2n) is 13.2. The third kappa shape index (κ3) is 5.54. The minimum atomic E-state index is -0.282. The smallest absolute Gasteiger partial charge is 0.226 e. The number of nitrogens with zero attached hydrogens (tertiary/aromatic N) is 3. The van der Waals surface area contributed by atoms with Gasteiger partial charge in [0.15, 0.2) is 11.0 Å². The molecule has 4 bridgehead atoms. The van der Waals surface area contributed by atoms with Crippen molar-refractivity contribution in [1.29, 1.82) is 0 Å². The van der Waals surface area contributed by atoms with Crippen molar-refractivity contribution in [1.82, 2.24) is 20.1 Å². The van der Waals surface area contributed by atoms with Crippen LogP contribution in [0.4, 0.5) is 0 Å². The van der Waals surface area contributed by atoms with E-state index in [9.17, 15) is 4.79 Å². The van der Waals surface area contributed by atoms with E-state index in [4.69, 9.17) is 10.2 Å². The summed E-state index contributed by atoms with van der Waals surface area (Å²) in [7, 11) is 0. The summed E-state index contributed by atoms with van der Waals surface area (Å²) in [5.74, 6) is 3.98. The molecule has 1 N–H and O–H groups in total. The fourth-order valence-corrected chi connectivity index (χ4v) is 9.15. The Morgan fingerprint density at radius 2 is 1.52 bits per heavy atom. The van der Waals surface area contributed by atoms with E-state index in [2.05, 4.69) is 96.5 Å². The van der Waals surface area contributed by atoms with Gasteiger partial charge in [0.05, 0.1) is 6.04 Å². The van der Waals surface area contributed by atoms with Crippen LogP contribution in [0.15, 0.2) is 84.0 Å². The largest absolute Gasteiger partial charge is 0.345 e. The zero-order valence-electron chi connectivity index (χ0n) is 24.6. The molecule has 1 amide bonds. The molecule has 4 aliphatic carbocycles. The van der Waals surface area contributed by atoms with Crippen molar-refractivity contribution >= 4 is 17.7 Å². The minimum Gasteiger partial charge on any atom is -0.345 e. The molecule has 1 atom stereocenters. The molecule has 0 radical (unpaired) electrons. The highest BCUT2D eigenvalue weighted by Crippen LogP contribution is 2.60. The number of thioether (sulfide) groups is 1. The number of hydrogen-bond donors (Lipinski definition) is 1. The lowest BCUT2D eigenvalue weighted by molar-refractivity contribution is -0.147. The van der Waals surface area contributed by atoms with Gasteiger partial charge < -0.3 is 5.32 Å². The number of rotatable bonds is 9. The van der Waals surface area contributed by atoms with Crippen LogP contribution in [0.2, 0.25) is 0 Å². The second-order valence-corrected chi connectivity index (χ2v) is 14.1. The first-order valence-electron chi connectivity index (χ1n) is 15.5. The molecule has 0 spiro atoms. The SMILES string of the molecule is Cc1ccc(-n2c(SCc3cccc(C)c3)nnc2C(Cc2ccccc2)NC(=O)C23CC4CC(CC(C4)C2)C3)cc1. The zero-order valence-corrected chi connectivity index (χ0v) is 25.4. The first-order valence-corrected chi connectivity index (χ1v) is 16.5. The lowest BCUT2D eigenvalue weighted by atomic mass is 9.49. The second kappa shape index (κ2) is 11.4. The van der Waals surface area contributed by atoms with Crippen molar-refractivity contribution in [3.8, 4) is 5.69 Å². The van der Waals surface area contributed by atoms with Crippen LogP contribution < -0.4 is 5.32 Å². The fraction of sp³-hybridized carbons (Fsp3) is 0.417. The molecular weight excluding hydrogens is 536 g/mol.